The molecule has 2 aromatic rings. The molecule has 0 spiro atoms. The Morgan fingerprint density at radius 1 is 1.16 bits per heavy atom. The van der Waals surface area contributed by atoms with Gasteiger partial charge >= 0.3 is 6.03 Å². The second kappa shape index (κ2) is 8.79. The molecule has 0 radical (unpaired) electrons. The highest BCUT2D eigenvalue weighted by Gasteiger charge is 2.36. The quantitative estimate of drug-likeness (QED) is 0.706. The average Bonchev–Trinajstić information content (AvgIpc) is 2.78. The number of ether oxygens (including phenoxy) is 1. The molecule has 7 heteroatoms. The van der Waals surface area contributed by atoms with E-state index >= 15 is 0 Å². The van der Waals surface area contributed by atoms with Crippen LogP contribution in [0.4, 0.5) is 16.2 Å². The van der Waals surface area contributed by atoms with E-state index in [0.29, 0.717) is 11.6 Å². The van der Waals surface area contributed by atoms with Crippen LogP contribution in [-0.2, 0) is 11.3 Å². The van der Waals surface area contributed by atoms with Gasteiger partial charge in [-0.05, 0) is 56.4 Å². The Morgan fingerprint density at radius 2 is 1.90 bits per heavy atom. The molecule has 1 fully saturated rings. The van der Waals surface area contributed by atoms with Gasteiger partial charge in [0, 0.05) is 41.3 Å². The van der Waals surface area contributed by atoms with E-state index in [4.69, 9.17) is 16.3 Å². The number of hydrogen-bond donors (Lipinski definition) is 1. The molecule has 1 aliphatic heterocycles. The second-order valence-electron chi connectivity index (χ2n) is 8.39. The molecule has 0 atom stereocenters. The molecule has 0 aromatic heterocycles. The summed E-state index contributed by atoms with van der Waals surface area (Å²) >= 11 is 6.41. The summed E-state index contributed by atoms with van der Waals surface area (Å²) in [4.78, 5) is 29.3. The summed E-state index contributed by atoms with van der Waals surface area (Å²) in [6.07, 6.45) is 3.11. The molecule has 0 unspecified atom stereocenters. The Bertz CT molecular complexity index is 1000. The van der Waals surface area contributed by atoms with Crippen LogP contribution in [0.15, 0.2) is 36.4 Å². The topological polar surface area (TPSA) is 61.9 Å². The van der Waals surface area contributed by atoms with E-state index in [0.717, 1.165) is 53.9 Å². The van der Waals surface area contributed by atoms with E-state index in [1.807, 2.05) is 48.2 Å². The molecule has 164 valence electrons. The number of rotatable bonds is 4. The summed E-state index contributed by atoms with van der Waals surface area (Å²) in [5, 5.41) is 3.70. The van der Waals surface area contributed by atoms with Gasteiger partial charge in [0.15, 0.2) is 0 Å². The molecule has 0 bridgehead atoms. The van der Waals surface area contributed by atoms with Gasteiger partial charge in [-0.2, -0.15) is 0 Å². The van der Waals surface area contributed by atoms with Gasteiger partial charge in [0.05, 0.1) is 19.3 Å². The minimum absolute atomic E-state index is 0.00517. The smallest absolute Gasteiger partial charge is 0.324 e. The van der Waals surface area contributed by atoms with E-state index in [-0.39, 0.29) is 23.9 Å². The lowest BCUT2D eigenvalue weighted by Crippen LogP contribution is -2.51. The molecule has 31 heavy (non-hydrogen) atoms. The minimum Gasteiger partial charge on any atom is -0.496 e. The highest BCUT2D eigenvalue weighted by Crippen LogP contribution is 2.37. The first-order chi connectivity index (χ1) is 14.9. The Hall–Kier alpha value is -2.73. The average molecular weight is 442 g/mol. The first-order valence-corrected chi connectivity index (χ1v) is 11.0. The third-order valence-electron chi connectivity index (χ3n) is 6.50. The number of halogens is 1. The van der Waals surface area contributed by atoms with E-state index < -0.39 is 0 Å². The van der Waals surface area contributed by atoms with Crippen molar-refractivity contribution >= 4 is 34.9 Å². The number of aryl methyl sites for hydroxylation is 1. The number of amides is 3. The van der Waals surface area contributed by atoms with Gasteiger partial charge in [-0.25, -0.2) is 4.79 Å². The van der Waals surface area contributed by atoms with Crippen molar-refractivity contribution in [3.63, 3.8) is 0 Å². The molecule has 1 heterocycles. The number of urea groups is 1. The van der Waals surface area contributed by atoms with Crippen LogP contribution < -0.4 is 15.0 Å². The summed E-state index contributed by atoms with van der Waals surface area (Å²) in [5.74, 6) is 0.727. The van der Waals surface area contributed by atoms with Crippen molar-refractivity contribution < 1.29 is 14.3 Å². The van der Waals surface area contributed by atoms with E-state index in [2.05, 4.69) is 5.32 Å². The second-order valence-corrected chi connectivity index (χ2v) is 8.79. The van der Waals surface area contributed by atoms with Gasteiger partial charge in [-0.15, -0.1) is 0 Å². The fraction of sp³-hybridized carbons (Fsp3) is 0.417. The molecule has 1 N–H and O–H groups in total. The van der Waals surface area contributed by atoms with Crippen LogP contribution in [0.2, 0.25) is 5.02 Å². The minimum atomic E-state index is -0.0583. The van der Waals surface area contributed by atoms with Gasteiger partial charge in [-0.1, -0.05) is 23.7 Å². The molecule has 2 aliphatic rings. The van der Waals surface area contributed by atoms with Crippen molar-refractivity contribution in [3.8, 4) is 5.75 Å². The molecular formula is C24H28ClN3O3. The van der Waals surface area contributed by atoms with Crippen LogP contribution in [0.3, 0.4) is 0 Å². The molecule has 1 aliphatic carbocycles. The van der Waals surface area contributed by atoms with Gasteiger partial charge < -0.3 is 15.0 Å². The highest BCUT2D eigenvalue weighted by atomic mass is 35.5. The highest BCUT2D eigenvalue weighted by molar-refractivity contribution is 6.32. The van der Waals surface area contributed by atoms with Crippen LogP contribution in [0.1, 0.15) is 36.8 Å². The normalized spacial score (nSPS) is 21.0. The predicted molar refractivity (Wildman–Crippen MR) is 123 cm³/mol. The Kier molecular flexibility index (Phi) is 6.10. The van der Waals surface area contributed by atoms with Crippen molar-refractivity contribution in [2.45, 2.75) is 45.2 Å². The van der Waals surface area contributed by atoms with Gasteiger partial charge in [-0.3, -0.25) is 9.69 Å². The third kappa shape index (κ3) is 4.22. The monoisotopic (exact) mass is 441 g/mol. The molecule has 3 amide bonds. The Balaban J connectivity index is 1.39. The largest absolute Gasteiger partial charge is 0.496 e. The van der Waals surface area contributed by atoms with Crippen LogP contribution in [0, 0.1) is 12.8 Å². The Morgan fingerprint density at radius 3 is 2.61 bits per heavy atom. The summed E-state index contributed by atoms with van der Waals surface area (Å²) in [7, 11) is 3.42. The lowest BCUT2D eigenvalue weighted by molar-refractivity contribution is -0.121. The number of anilines is 2. The SMILES string of the molecule is COc1cc(NC(=O)C2CCC(N3Cc4c(Cl)cccc4N(C)C3=O)CC2)ccc1C. The molecular weight excluding hydrogens is 414 g/mol. The number of nitrogens with zero attached hydrogens (tertiary/aromatic N) is 2. The maximum Gasteiger partial charge on any atom is 0.324 e. The summed E-state index contributed by atoms with van der Waals surface area (Å²) in [5.41, 5.74) is 3.63. The molecule has 6 nitrogen and oxygen atoms in total. The molecule has 0 saturated heterocycles. The number of carbonyl (C=O) groups is 2. The summed E-state index contributed by atoms with van der Waals surface area (Å²) in [6.45, 7) is 2.49. The molecule has 2 aromatic carbocycles. The fourth-order valence-electron chi connectivity index (χ4n) is 4.63. The molecule has 1 saturated carbocycles. The lowest BCUT2D eigenvalue weighted by atomic mass is 9.84. The van der Waals surface area contributed by atoms with Gasteiger partial charge in [0.1, 0.15) is 5.75 Å². The number of methoxy groups -OCH3 is 1. The van der Waals surface area contributed by atoms with E-state index in [9.17, 15) is 9.59 Å². The van der Waals surface area contributed by atoms with Crippen LogP contribution >= 0.6 is 11.6 Å². The zero-order chi connectivity index (χ0) is 22.1. The van der Waals surface area contributed by atoms with Crippen molar-refractivity contribution in [3.05, 3.63) is 52.5 Å². The maximum absolute atomic E-state index is 13.0. The number of fused-ring (bicyclic) bond motifs is 1. The number of benzene rings is 2. The van der Waals surface area contributed by atoms with Crippen LogP contribution in [0.25, 0.3) is 0 Å². The maximum atomic E-state index is 13.0. The van der Waals surface area contributed by atoms with Crippen molar-refractivity contribution in [2.24, 2.45) is 5.92 Å². The van der Waals surface area contributed by atoms with E-state index in [1.165, 1.54) is 0 Å². The van der Waals surface area contributed by atoms with Crippen molar-refractivity contribution in [1.29, 1.82) is 0 Å². The third-order valence-corrected chi connectivity index (χ3v) is 6.85. The van der Waals surface area contributed by atoms with Crippen molar-refractivity contribution in [2.75, 3.05) is 24.4 Å². The lowest BCUT2D eigenvalue weighted by Gasteiger charge is -2.42. The van der Waals surface area contributed by atoms with Crippen LogP contribution in [-0.4, -0.2) is 37.0 Å². The number of hydrogen-bond acceptors (Lipinski definition) is 3. The first-order valence-electron chi connectivity index (χ1n) is 10.7. The summed E-state index contributed by atoms with van der Waals surface area (Å²) in [6, 6.07) is 11.5. The van der Waals surface area contributed by atoms with E-state index in [1.54, 1.807) is 19.1 Å². The van der Waals surface area contributed by atoms with Crippen molar-refractivity contribution in [1.82, 2.24) is 4.90 Å². The summed E-state index contributed by atoms with van der Waals surface area (Å²) < 4.78 is 5.34. The van der Waals surface area contributed by atoms with Crippen LogP contribution in [0.5, 0.6) is 5.75 Å². The number of carbonyl (C=O) groups excluding carboxylic acids is 2. The predicted octanol–water partition coefficient (Wildman–Crippen LogP) is 5.23. The van der Waals surface area contributed by atoms with Gasteiger partial charge in [0.25, 0.3) is 0 Å². The zero-order valence-electron chi connectivity index (χ0n) is 18.2. The number of nitrogens with one attached hydrogen (secondary N) is 1. The standard InChI is InChI=1S/C24H28ClN3O3/c1-15-7-10-17(13-22(15)31-3)26-23(29)16-8-11-18(12-9-16)28-14-19-20(25)5-4-6-21(19)27(2)24(28)30/h4-7,10,13,16,18H,8-9,11-12,14H2,1-3H3,(H,26,29). The van der Waals surface area contributed by atoms with Gasteiger partial charge in [0.2, 0.25) is 5.91 Å². The first kappa shape index (κ1) is 21.5. The zero-order valence-corrected chi connectivity index (χ0v) is 18.9. The Labute approximate surface area is 188 Å². The molecule has 4 rings (SSSR count). The fourth-order valence-corrected chi connectivity index (χ4v) is 4.86.